The summed E-state index contributed by atoms with van der Waals surface area (Å²) in [5, 5.41) is 3.55. The maximum absolute atomic E-state index is 5.38. The number of aromatic nitrogens is 3. The largest absolute Gasteiger partial charge is 0.478 e. The van der Waals surface area contributed by atoms with Crippen molar-refractivity contribution in [1.29, 1.82) is 0 Å². The quantitative estimate of drug-likeness (QED) is 0.866. The molecule has 2 N–H and O–H groups in total. The Labute approximate surface area is 112 Å². The molecule has 0 saturated heterocycles. The molecule has 5 heteroatoms. The average molecular weight is 260 g/mol. The highest BCUT2D eigenvalue weighted by Gasteiger charge is 2.14. The second-order valence-electron chi connectivity index (χ2n) is 5.00. The van der Waals surface area contributed by atoms with Crippen molar-refractivity contribution >= 4 is 11.2 Å². The molecule has 0 aromatic carbocycles. The second kappa shape index (κ2) is 5.57. The number of pyridine rings is 1. The number of nitrogens with one attached hydrogen (secondary N) is 2. The van der Waals surface area contributed by atoms with Crippen LogP contribution in [0, 0.1) is 0 Å². The fourth-order valence-corrected chi connectivity index (χ4v) is 2.61. The summed E-state index contributed by atoms with van der Waals surface area (Å²) in [6.45, 7) is 3.36. The molecular weight excluding hydrogens is 240 g/mol. The summed E-state index contributed by atoms with van der Waals surface area (Å²) in [4.78, 5) is 12.2. The van der Waals surface area contributed by atoms with Gasteiger partial charge in [0.05, 0.1) is 18.7 Å². The van der Waals surface area contributed by atoms with Crippen LogP contribution in [0.1, 0.15) is 38.4 Å². The van der Waals surface area contributed by atoms with E-state index < -0.39 is 0 Å². The summed E-state index contributed by atoms with van der Waals surface area (Å²) >= 11 is 0. The lowest BCUT2D eigenvalue weighted by Gasteiger charge is -2.09. The predicted molar refractivity (Wildman–Crippen MR) is 74.2 cm³/mol. The number of imidazole rings is 1. The van der Waals surface area contributed by atoms with Gasteiger partial charge in [-0.05, 0) is 25.8 Å². The Bertz CT molecular complexity index is 545. The summed E-state index contributed by atoms with van der Waals surface area (Å²) in [6, 6.07) is 4.50. The number of ether oxygens (including phenoxy) is 1. The van der Waals surface area contributed by atoms with Crippen LogP contribution >= 0.6 is 0 Å². The molecule has 2 aromatic heterocycles. The van der Waals surface area contributed by atoms with Crippen LogP contribution in [0.3, 0.4) is 0 Å². The van der Waals surface area contributed by atoms with E-state index in [1.54, 1.807) is 0 Å². The lowest BCUT2D eigenvalue weighted by molar-refractivity contribution is 0.328. The smallest absolute Gasteiger partial charge is 0.215 e. The molecule has 0 aliphatic heterocycles. The molecule has 2 heterocycles. The van der Waals surface area contributed by atoms with Gasteiger partial charge in [-0.2, -0.15) is 4.98 Å². The van der Waals surface area contributed by atoms with Gasteiger partial charge >= 0.3 is 0 Å². The van der Waals surface area contributed by atoms with Crippen LogP contribution in [0.4, 0.5) is 0 Å². The zero-order valence-electron chi connectivity index (χ0n) is 11.3. The number of hydrogen-bond acceptors (Lipinski definition) is 4. The molecule has 0 atom stereocenters. The van der Waals surface area contributed by atoms with E-state index in [0.717, 1.165) is 23.5 Å². The zero-order valence-corrected chi connectivity index (χ0v) is 11.3. The summed E-state index contributed by atoms with van der Waals surface area (Å²) < 4.78 is 5.38. The molecule has 5 nitrogen and oxygen atoms in total. The Morgan fingerprint density at radius 2 is 2.16 bits per heavy atom. The SMILES string of the molecule is CCOc1ccc2[nH]c(CNC3CCCC3)nc2n1. The molecular formula is C14H20N4O. The van der Waals surface area contributed by atoms with Crippen molar-refractivity contribution in [3.63, 3.8) is 0 Å². The van der Waals surface area contributed by atoms with Crippen LogP contribution in [0.5, 0.6) is 5.88 Å². The molecule has 0 spiro atoms. The number of rotatable bonds is 5. The first-order valence-corrected chi connectivity index (χ1v) is 7.07. The van der Waals surface area contributed by atoms with E-state index in [1.165, 1.54) is 25.7 Å². The van der Waals surface area contributed by atoms with Crippen molar-refractivity contribution in [1.82, 2.24) is 20.3 Å². The topological polar surface area (TPSA) is 62.8 Å². The van der Waals surface area contributed by atoms with Crippen molar-refractivity contribution in [2.75, 3.05) is 6.61 Å². The number of fused-ring (bicyclic) bond motifs is 1. The minimum Gasteiger partial charge on any atom is -0.478 e. The van der Waals surface area contributed by atoms with Gasteiger partial charge in [-0.15, -0.1) is 0 Å². The second-order valence-corrected chi connectivity index (χ2v) is 5.00. The number of nitrogens with zero attached hydrogens (tertiary/aromatic N) is 2. The van der Waals surface area contributed by atoms with E-state index in [-0.39, 0.29) is 0 Å². The predicted octanol–water partition coefficient (Wildman–Crippen LogP) is 2.39. The van der Waals surface area contributed by atoms with E-state index >= 15 is 0 Å². The minimum absolute atomic E-state index is 0.624. The van der Waals surface area contributed by atoms with Crippen LogP contribution < -0.4 is 10.1 Å². The fourth-order valence-electron chi connectivity index (χ4n) is 2.61. The highest BCUT2D eigenvalue weighted by atomic mass is 16.5. The van der Waals surface area contributed by atoms with Crippen LogP contribution in [0.2, 0.25) is 0 Å². The Hall–Kier alpha value is -1.62. The van der Waals surface area contributed by atoms with Crippen molar-refractivity contribution in [2.45, 2.75) is 45.2 Å². The number of aromatic amines is 1. The monoisotopic (exact) mass is 260 g/mol. The maximum atomic E-state index is 5.38. The van der Waals surface area contributed by atoms with Crippen molar-refractivity contribution < 1.29 is 4.74 Å². The van der Waals surface area contributed by atoms with Gasteiger partial charge in [-0.25, -0.2) is 4.98 Å². The molecule has 2 aromatic rings. The van der Waals surface area contributed by atoms with Crippen molar-refractivity contribution in [3.8, 4) is 5.88 Å². The summed E-state index contributed by atoms with van der Waals surface area (Å²) in [7, 11) is 0. The highest BCUT2D eigenvalue weighted by molar-refractivity contribution is 5.71. The van der Waals surface area contributed by atoms with Crippen LogP contribution in [-0.4, -0.2) is 27.6 Å². The standard InChI is InChI=1S/C14H20N4O/c1-2-19-13-8-7-11-14(18-13)17-12(16-11)9-15-10-5-3-4-6-10/h7-8,10,15H,2-6,9H2,1H3,(H,16,17,18). The number of hydrogen-bond donors (Lipinski definition) is 2. The van der Waals surface area contributed by atoms with E-state index in [2.05, 4.69) is 20.3 Å². The summed E-state index contributed by atoms with van der Waals surface area (Å²) in [5.41, 5.74) is 1.70. The van der Waals surface area contributed by atoms with Gasteiger partial charge in [0.2, 0.25) is 5.88 Å². The molecule has 0 bridgehead atoms. The summed E-state index contributed by atoms with van der Waals surface area (Å²) in [6.07, 6.45) is 5.26. The first-order chi connectivity index (χ1) is 9.35. The molecule has 3 rings (SSSR count). The molecule has 1 aliphatic rings. The van der Waals surface area contributed by atoms with Crippen LogP contribution in [0.25, 0.3) is 11.2 Å². The van der Waals surface area contributed by atoms with Gasteiger partial charge in [0.25, 0.3) is 0 Å². The van der Waals surface area contributed by atoms with Gasteiger partial charge in [-0.3, -0.25) is 0 Å². The molecule has 0 amide bonds. The molecule has 1 saturated carbocycles. The fraction of sp³-hybridized carbons (Fsp3) is 0.571. The third kappa shape index (κ3) is 2.87. The van der Waals surface area contributed by atoms with Gasteiger partial charge in [-0.1, -0.05) is 12.8 Å². The highest BCUT2D eigenvalue weighted by Crippen LogP contribution is 2.18. The Morgan fingerprint density at radius 3 is 2.95 bits per heavy atom. The minimum atomic E-state index is 0.624. The van der Waals surface area contributed by atoms with E-state index in [0.29, 0.717) is 18.5 Å². The van der Waals surface area contributed by atoms with Gasteiger partial charge < -0.3 is 15.0 Å². The molecule has 1 aliphatic carbocycles. The molecule has 1 fully saturated rings. The molecule has 19 heavy (non-hydrogen) atoms. The molecule has 0 unspecified atom stereocenters. The van der Waals surface area contributed by atoms with E-state index in [4.69, 9.17) is 4.74 Å². The first-order valence-electron chi connectivity index (χ1n) is 7.07. The Kier molecular flexibility index (Phi) is 3.64. The van der Waals surface area contributed by atoms with Gasteiger partial charge in [0, 0.05) is 12.1 Å². The van der Waals surface area contributed by atoms with Gasteiger partial charge in [0.1, 0.15) is 5.82 Å². The van der Waals surface area contributed by atoms with Crippen LogP contribution in [-0.2, 0) is 6.54 Å². The average Bonchev–Trinajstić information content (AvgIpc) is 3.05. The lowest BCUT2D eigenvalue weighted by Crippen LogP contribution is -2.25. The first kappa shape index (κ1) is 12.4. The summed E-state index contributed by atoms with van der Waals surface area (Å²) in [5.74, 6) is 1.58. The third-order valence-corrected chi connectivity index (χ3v) is 3.57. The van der Waals surface area contributed by atoms with E-state index in [1.807, 2.05) is 19.1 Å². The van der Waals surface area contributed by atoms with E-state index in [9.17, 15) is 0 Å². The molecule has 0 radical (unpaired) electrons. The molecule has 102 valence electrons. The third-order valence-electron chi connectivity index (χ3n) is 3.57. The van der Waals surface area contributed by atoms with Gasteiger partial charge in [0.15, 0.2) is 5.65 Å². The Balaban J connectivity index is 1.69. The van der Waals surface area contributed by atoms with Crippen molar-refractivity contribution in [2.24, 2.45) is 0 Å². The number of H-pyrrole nitrogens is 1. The maximum Gasteiger partial charge on any atom is 0.215 e. The Morgan fingerprint density at radius 1 is 1.32 bits per heavy atom. The normalized spacial score (nSPS) is 16.3. The lowest BCUT2D eigenvalue weighted by atomic mass is 10.2. The zero-order chi connectivity index (χ0) is 13.1. The van der Waals surface area contributed by atoms with Crippen LogP contribution in [0.15, 0.2) is 12.1 Å². The van der Waals surface area contributed by atoms with Crippen molar-refractivity contribution in [3.05, 3.63) is 18.0 Å².